The maximum absolute atomic E-state index is 12.7. The van der Waals surface area contributed by atoms with Gasteiger partial charge in [-0.2, -0.15) is 0 Å². The van der Waals surface area contributed by atoms with Crippen LogP contribution in [0.25, 0.3) is 22.4 Å². The van der Waals surface area contributed by atoms with E-state index in [-0.39, 0.29) is 16.3 Å². The van der Waals surface area contributed by atoms with Crippen LogP contribution < -0.4 is 10.3 Å². The zero-order chi connectivity index (χ0) is 20.5. The van der Waals surface area contributed by atoms with E-state index in [0.717, 1.165) is 24.8 Å². The lowest BCUT2D eigenvalue weighted by Gasteiger charge is -2.12. The van der Waals surface area contributed by atoms with Crippen molar-refractivity contribution in [3.05, 3.63) is 40.3 Å². The van der Waals surface area contributed by atoms with Gasteiger partial charge in [-0.1, -0.05) is 20.3 Å². The lowest BCUT2D eigenvalue weighted by molar-refractivity contribution is 0.318. The van der Waals surface area contributed by atoms with Crippen LogP contribution in [-0.4, -0.2) is 29.6 Å². The summed E-state index contributed by atoms with van der Waals surface area (Å²) in [5.41, 5.74) is 2.11. The van der Waals surface area contributed by atoms with E-state index in [0.29, 0.717) is 29.0 Å². The molecule has 0 radical (unpaired) electrons. The van der Waals surface area contributed by atoms with Crippen LogP contribution >= 0.6 is 10.7 Å². The van der Waals surface area contributed by atoms with E-state index in [1.807, 2.05) is 13.1 Å². The molecular weight excluding hydrogens is 402 g/mol. The van der Waals surface area contributed by atoms with Gasteiger partial charge in [0.15, 0.2) is 0 Å². The number of hydrogen-bond donors (Lipinski definition) is 1. The fraction of sp³-hybridized carbons (Fsp3) is 0.368. The first-order valence-corrected chi connectivity index (χ1v) is 11.4. The van der Waals surface area contributed by atoms with Gasteiger partial charge in [0.05, 0.1) is 22.6 Å². The molecule has 0 saturated heterocycles. The Balaban J connectivity index is 2.27. The highest BCUT2D eigenvalue weighted by Crippen LogP contribution is 2.32. The highest BCUT2D eigenvalue weighted by atomic mass is 35.7. The van der Waals surface area contributed by atoms with E-state index >= 15 is 0 Å². The summed E-state index contributed by atoms with van der Waals surface area (Å²) in [6, 6.07) is 4.28. The Morgan fingerprint density at radius 1 is 1.25 bits per heavy atom. The third-order valence-electron chi connectivity index (χ3n) is 4.37. The van der Waals surface area contributed by atoms with Crippen molar-refractivity contribution in [1.29, 1.82) is 0 Å². The third-order valence-corrected chi connectivity index (χ3v) is 5.72. The number of aryl methyl sites for hydroxylation is 2. The van der Waals surface area contributed by atoms with Crippen molar-refractivity contribution in [2.75, 3.05) is 6.61 Å². The summed E-state index contributed by atoms with van der Waals surface area (Å²) in [4.78, 5) is 20.0. The molecular formula is C19H22ClN3O4S. The van der Waals surface area contributed by atoms with Crippen molar-refractivity contribution < 1.29 is 13.2 Å². The molecule has 7 nitrogen and oxygen atoms in total. The Kier molecular flexibility index (Phi) is 5.81. The molecule has 9 heteroatoms. The summed E-state index contributed by atoms with van der Waals surface area (Å²) in [6.45, 7) is 4.46. The third kappa shape index (κ3) is 3.93. The first-order valence-electron chi connectivity index (χ1n) is 9.06. The van der Waals surface area contributed by atoms with E-state index in [9.17, 15) is 13.2 Å². The lowest BCUT2D eigenvalue weighted by atomic mass is 10.1. The van der Waals surface area contributed by atoms with Gasteiger partial charge in [0, 0.05) is 23.9 Å². The Labute approximate surface area is 167 Å². The van der Waals surface area contributed by atoms with Gasteiger partial charge in [-0.3, -0.25) is 4.79 Å². The van der Waals surface area contributed by atoms with Gasteiger partial charge in [-0.25, -0.2) is 13.4 Å². The number of nitrogens with one attached hydrogen (secondary N) is 1. The number of halogens is 1. The van der Waals surface area contributed by atoms with Gasteiger partial charge in [0.2, 0.25) is 0 Å². The highest BCUT2D eigenvalue weighted by molar-refractivity contribution is 8.13. The number of rotatable bonds is 7. The summed E-state index contributed by atoms with van der Waals surface area (Å²) in [5, 5.41) is 0. The van der Waals surface area contributed by atoms with E-state index in [1.165, 1.54) is 18.2 Å². The number of hydrogen-bond acceptors (Lipinski definition) is 5. The van der Waals surface area contributed by atoms with Crippen molar-refractivity contribution in [3.63, 3.8) is 0 Å². The largest absolute Gasteiger partial charge is 0.493 e. The van der Waals surface area contributed by atoms with Crippen molar-refractivity contribution in [3.8, 4) is 17.1 Å². The standard InChI is InChI=1S/C19H22ClN3O4S/c1-4-6-12-11-23(3)17-16(12)21-18(22-19(17)24)14-10-13(28(20,25)26)7-8-15(14)27-9-5-2/h7-8,10-11H,4-6,9H2,1-3H3,(H,21,22,24). The van der Waals surface area contributed by atoms with E-state index in [1.54, 1.807) is 11.6 Å². The second kappa shape index (κ2) is 7.97. The molecule has 3 aromatic rings. The van der Waals surface area contributed by atoms with Gasteiger partial charge >= 0.3 is 0 Å². The molecule has 2 aromatic heterocycles. The molecule has 0 amide bonds. The molecule has 3 rings (SSSR count). The molecule has 0 bridgehead atoms. The molecule has 1 aromatic carbocycles. The van der Waals surface area contributed by atoms with Gasteiger partial charge < -0.3 is 14.3 Å². The van der Waals surface area contributed by atoms with Crippen molar-refractivity contribution >= 4 is 30.8 Å². The fourth-order valence-corrected chi connectivity index (χ4v) is 3.92. The zero-order valence-corrected chi connectivity index (χ0v) is 17.5. The minimum atomic E-state index is -3.94. The van der Waals surface area contributed by atoms with Crippen LogP contribution in [0.3, 0.4) is 0 Å². The monoisotopic (exact) mass is 423 g/mol. The van der Waals surface area contributed by atoms with Gasteiger partial charge in [-0.05, 0) is 36.6 Å². The van der Waals surface area contributed by atoms with Crippen LogP contribution in [0.5, 0.6) is 5.75 Å². The van der Waals surface area contributed by atoms with Crippen molar-refractivity contribution in [2.24, 2.45) is 7.05 Å². The lowest BCUT2D eigenvalue weighted by Crippen LogP contribution is -2.12. The molecule has 0 aliphatic heterocycles. The Morgan fingerprint density at radius 2 is 2.00 bits per heavy atom. The van der Waals surface area contributed by atoms with Crippen LogP contribution in [-0.2, 0) is 22.5 Å². The smallest absolute Gasteiger partial charge is 0.275 e. The van der Waals surface area contributed by atoms with Gasteiger partial charge in [0.25, 0.3) is 14.6 Å². The molecule has 0 aliphatic carbocycles. The molecule has 0 atom stereocenters. The summed E-state index contributed by atoms with van der Waals surface area (Å²) >= 11 is 0. The summed E-state index contributed by atoms with van der Waals surface area (Å²) in [7, 11) is 3.36. The van der Waals surface area contributed by atoms with Gasteiger partial charge in [-0.15, -0.1) is 0 Å². The minimum absolute atomic E-state index is 0.0856. The van der Waals surface area contributed by atoms with Crippen LogP contribution in [0, 0.1) is 0 Å². The fourth-order valence-electron chi connectivity index (χ4n) is 3.14. The topological polar surface area (TPSA) is 94.1 Å². The molecule has 0 saturated carbocycles. The average molecular weight is 424 g/mol. The predicted molar refractivity (Wildman–Crippen MR) is 110 cm³/mol. The minimum Gasteiger partial charge on any atom is -0.493 e. The Bertz CT molecular complexity index is 1180. The number of aromatic amines is 1. The van der Waals surface area contributed by atoms with Crippen molar-refractivity contribution in [2.45, 2.75) is 38.0 Å². The number of H-pyrrole nitrogens is 1. The van der Waals surface area contributed by atoms with E-state index < -0.39 is 9.05 Å². The predicted octanol–water partition coefficient (Wildman–Crippen LogP) is 3.60. The number of ether oxygens (including phenoxy) is 1. The first kappa shape index (κ1) is 20.4. The van der Waals surface area contributed by atoms with Crippen molar-refractivity contribution in [1.82, 2.24) is 14.5 Å². The Hall–Kier alpha value is -2.32. The zero-order valence-electron chi connectivity index (χ0n) is 16.0. The number of fused-ring (bicyclic) bond motifs is 1. The average Bonchev–Trinajstić information content (AvgIpc) is 2.95. The van der Waals surface area contributed by atoms with Crippen LogP contribution in [0.2, 0.25) is 0 Å². The van der Waals surface area contributed by atoms with Crippen LogP contribution in [0.4, 0.5) is 0 Å². The Morgan fingerprint density at radius 3 is 2.64 bits per heavy atom. The molecule has 150 valence electrons. The summed E-state index contributed by atoms with van der Waals surface area (Å²) in [6.07, 6.45) is 4.36. The van der Waals surface area contributed by atoms with Crippen LogP contribution in [0.15, 0.2) is 34.1 Å². The van der Waals surface area contributed by atoms with E-state index in [4.69, 9.17) is 15.4 Å². The van der Waals surface area contributed by atoms with E-state index in [2.05, 4.69) is 16.9 Å². The van der Waals surface area contributed by atoms with Gasteiger partial charge in [0.1, 0.15) is 17.1 Å². The molecule has 0 spiro atoms. The summed E-state index contributed by atoms with van der Waals surface area (Å²) < 4.78 is 31.1. The second-order valence-electron chi connectivity index (χ2n) is 6.57. The quantitative estimate of drug-likeness (QED) is 0.586. The maximum atomic E-state index is 12.7. The number of aromatic nitrogens is 3. The normalized spacial score (nSPS) is 11.9. The highest BCUT2D eigenvalue weighted by Gasteiger charge is 2.19. The van der Waals surface area contributed by atoms with Crippen LogP contribution in [0.1, 0.15) is 32.3 Å². The molecule has 28 heavy (non-hydrogen) atoms. The molecule has 2 heterocycles. The molecule has 0 unspecified atom stereocenters. The number of nitrogens with zero attached hydrogens (tertiary/aromatic N) is 2. The summed E-state index contributed by atoms with van der Waals surface area (Å²) in [5.74, 6) is 0.677. The first-order chi connectivity index (χ1) is 13.3. The molecule has 1 N–H and O–H groups in total. The SMILES string of the molecule is CCCOc1ccc(S(=O)(=O)Cl)cc1-c1nc2c(CCC)cn(C)c2c(=O)[nH]1. The molecule has 0 aliphatic rings. The second-order valence-corrected chi connectivity index (χ2v) is 9.14. The number of benzene rings is 1. The molecule has 0 fully saturated rings. The maximum Gasteiger partial charge on any atom is 0.275 e.